The molecule has 0 aromatic heterocycles. The predicted octanol–water partition coefficient (Wildman–Crippen LogP) is 2.85. The van der Waals surface area contributed by atoms with E-state index >= 15 is 0 Å². The molecule has 2 fully saturated rings. The highest BCUT2D eigenvalue weighted by molar-refractivity contribution is 6.07. The van der Waals surface area contributed by atoms with Gasteiger partial charge in [0.15, 0.2) is 0 Å². The lowest BCUT2D eigenvalue weighted by Gasteiger charge is -2.33. The predicted molar refractivity (Wildman–Crippen MR) is 88.4 cm³/mol. The maximum atomic E-state index is 13.8. The van der Waals surface area contributed by atoms with Gasteiger partial charge in [0, 0.05) is 18.2 Å². The number of halogens is 2. The number of carbonyl (C=O) groups excluding carboxylic acids is 2. The molecule has 1 saturated carbocycles. The molecule has 25 heavy (non-hydrogen) atoms. The Bertz CT molecular complexity index is 687. The minimum atomic E-state index is -0.772. The summed E-state index contributed by atoms with van der Waals surface area (Å²) in [6.07, 6.45) is 3.14. The summed E-state index contributed by atoms with van der Waals surface area (Å²) < 4.78 is 26.8. The van der Waals surface area contributed by atoms with Gasteiger partial charge in [0.2, 0.25) is 0 Å². The Morgan fingerprint density at radius 1 is 1.28 bits per heavy atom. The van der Waals surface area contributed by atoms with Gasteiger partial charge in [-0.05, 0) is 44.7 Å². The smallest absolute Gasteiger partial charge is 0.323 e. The highest BCUT2D eigenvalue weighted by atomic mass is 19.1. The van der Waals surface area contributed by atoms with Gasteiger partial charge in [0.25, 0.3) is 5.91 Å². The fourth-order valence-electron chi connectivity index (χ4n) is 3.63. The number of nitrogens with one attached hydrogen (secondary N) is 1. The fourth-order valence-corrected chi connectivity index (χ4v) is 3.63. The van der Waals surface area contributed by atoms with Gasteiger partial charge in [-0.2, -0.15) is 0 Å². The van der Waals surface area contributed by atoms with Gasteiger partial charge in [-0.25, -0.2) is 18.5 Å². The van der Waals surface area contributed by atoms with Crippen molar-refractivity contribution in [3.63, 3.8) is 0 Å². The van der Waals surface area contributed by atoms with Crippen LogP contribution < -0.4 is 5.32 Å². The van der Waals surface area contributed by atoms with Gasteiger partial charge in [-0.3, -0.25) is 9.69 Å². The summed E-state index contributed by atoms with van der Waals surface area (Å²) in [6, 6.07) is 3.00. The number of hydrogen-bond acceptors (Lipinski definition) is 3. The second-order valence-electron chi connectivity index (χ2n) is 7.32. The van der Waals surface area contributed by atoms with Gasteiger partial charge >= 0.3 is 6.03 Å². The van der Waals surface area contributed by atoms with Crippen LogP contribution in [-0.4, -0.2) is 41.0 Å². The Hall–Kier alpha value is -2.02. The zero-order valence-corrected chi connectivity index (χ0v) is 14.5. The van der Waals surface area contributed by atoms with E-state index in [4.69, 9.17) is 0 Å². The third kappa shape index (κ3) is 3.51. The molecular weight excluding hydrogens is 328 g/mol. The normalized spacial score (nSPS) is 26.6. The van der Waals surface area contributed by atoms with E-state index in [-0.39, 0.29) is 19.1 Å². The molecule has 1 spiro atoms. The van der Waals surface area contributed by atoms with Gasteiger partial charge in [0.1, 0.15) is 17.2 Å². The minimum Gasteiger partial charge on any atom is -0.323 e. The summed E-state index contributed by atoms with van der Waals surface area (Å²) >= 11 is 0. The Morgan fingerprint density at radius 2 is 1.96 bits per heavy atom. The second-order valence-corrected chi connectivity index (χ2v) is 7.32. The van der Waals surface area contributed by atoms with Gasteiger partial charge < -0.3 is 5.32 Å². The first-order chi connectivity index (χ1) is 11.8. The van der Waals surface area contributed by atoms with Crippen molar-refractivity contribution in [2.45, 2.75) is 44.7 Å². The van der Waals surface area contributed by atoms with Crippen molar-refractivity contribution >= 4 is 11.9 Å². The van der Waals surface area contributed by atoms with E-state index in [0.717, 1.165) is 18.9 Å². The van der Waals surface area contributed by atoms with Crippen LogP contribution >= 0.6 is 0 Å². The number of amides is 3. The summed E-state index contributed by atoms with van der Waals surface area (Å²) in [7, 11) is 1.69. The molecule has 5 nitrogen and oxygen atoms in total. The first-order valence-electron chi connectivity index (χ1n) is 8.57. The molecule has 1 aliphatic heterocycles. The largest absolute Gasteiger partial charge is 0.326 e. The van der Waals surface area contributed by atoms with E-state index in [1.165, 1.54) is 17.0 Å². The van der Waals surface area contributed by atoms with Crippen molar-refractivity contribution in [1.29, 1.82) is 0 Å². The zero-order chi connectivity index (χ0) is 18.2. The van der Waals surface area contributed by atoms with Crippen molar-refractivity contribution < 1.29 is 18.4 Å². The van der Waals surface area contributed by atoms with Crippen molar-refractivity contribution in [2.75, 3.05) is 13.7 Å². The molecule has 0 bridgehead atoms. The first kappa shape index (κ1) is 17.8. The number of carbonyl (C=O) groups is 2. The van der Waals surface area contributed by atoms with Crippen LogP contribution in [0, 0.1) is 17.6 Å². The van der Waals surface area contributed by atoms with E-state index in [0.29, 0.717) is 24.3 Å². The van der Waals surface area contributed by atoms with E-state index in [2.05, 4.69) is 12.2 Å². The third-order valence-electron chi connectivity index (χ3n) is 5.21. The lowest BCUT2D eigenvalue weighted by Crippen LogP contribution is -2.49. The number of urea groups is 1. The Labute approximate surface area is 146 Å². The molecule has 1 heterocycles. The molecule has 0 atom stereocenters. The number of imide groups is 1. The molecule has 1 saturated heterocycles. The summed E-state index contributed by atoms with van der Waals surface area (Å²) in [6.45, 7) is 2.39. The molecule has 1 aliphatic carbocycles. The summed E-state index contributed by atoms with van der Waals surface area (Å²) in [4.78, 5) is 27.9. The molecule has 3 rings (SSSR count). The van der Waals surface area contributed by atoms with Gasteiger partial charge in [-0.15, -0.1) is 0 Å². The van der Waals surface area contributed by atoms with Crippen molar-refractivity contribution in [3.8, 4) is 0 Å². The van der Waals surface area contributed by atoms with E-state index in [1.807, 2.05) is 0 Å². The van der Waals surface area contributed by atoms with Crippen LogP contribution in [0.25, 0.3) is 0 Å². The highest BCUT2D eigenvalue weighted by Crippen LogP contribution is 2.36. The topological polar surface area (TPSA) is 52.7 Å². The van der Waals surface area contributed by atoms with Crippen LogP contribution in [0.15, 0.2) is 18.2 Å². The van der Waals surface area contributed by atoms with Crippen LogP contribution in [0.4, 0.5) is 13.6 Å². The van der Waals surface area contributed by atoms with Crippen molar-refractivity contribution in [1.82, 2.24) is 15.1 Å². The number of benzene rings is 1. The lowest BCUT2D eigenvalue weighted by molar-refractivity contribution is -0.134. The van der Waals surface area contributed by atoms with E-state index in [9.17, 15) is 18.4 Å². The van der Waals surface area contributed by atoms with Gasteiger partial charge in [-0.1, -0.05) is 13.0 Å². The van der Waals surface area contributed by atoms with E-state index < -0.39 is 23.2 Å². The maximum Gasteiger partial charge on any atom is 0.326 e. The first-order valence-corrected chi connectivity index (χ1v) is 8.57. The Balaban J connectivity index is 1.66. The Morgan fingerprint density at radius 3 is 2.60 bits per heavy atom. The molecule has 7 heteroatoms. The zero-order valence-electron chi connectivity index (χ0n) is 14.5. The summed E-state index contributed by atoms with van der Waals surface area (Å²) in [5.41, 5.74) is -0.455. The quantitative estimate of drug-likeness (QED) is 0.849. The molecule has 3 amide bonds. The van der Waals surface area contributed by atoms with Crippen LogP contribution in [0.5, 0.6) is 0 Å². The fraction of sp³-hybridized carbons (Fsp3) is 0.556. The van der Waals surface area contributed by atoms with Crippen LogP contribution in [-0.2, 0) is 11.3 Å². The van der Waals surface area contributed by atoms with Gasteiger partial charge in [0.05, 0.1) is 6.67 Å². The second kappa shape index (κ2) is 6.71. The average molecular weight is 351 g/mol. The van der Waals surface area contributed by atoms with Crippen molar-refractivity contribution in [3.05, 3.63) is 35.4 Å². The molecule has 0 unspecified atom stereocenters. The third-order valence-corrected chi connectivity index (χ3v) is 5.21. The monoisotopic (exact) mass is 351 g/mol. The SMILES string of the molecule is CC1CCC2(CC1)NC(=O)N(CN(C)Cc1ccc(F)cc1F)C2=O. The summed E-state index contributed by atoms with van der Waals surface area (Å²) in [5, 5.41) is 2.86. The molecule has 136 valence electrons. The molecule has 1 N–H and O–H groups in total. The number of hydrogen-bond donors (Lipinski definition) is 1. The van der Waals surface area contributed by atoms with Crippen LogP contribution in [0.1, 0.15) is 38.2 Å². The van der Waals surface area contributed by atoms with Crippen LogP contribution in [0.2, 0.25) is 0 Å². The minimum absolute atomic E-state index is 0.0682. The van der Waals surface area contributed by atoms with E-state index in [1.54, 1.807) is 11.9 Å². The molecule has 2 aliphatic rings. The highest BCUT2D eigenvalue weighted by Gasteiger charge is 2.52. The average Bonchev–Trinajstić information content (AvgIpc) is 2.78. The Kier molecular flexibility index (Phi) is 4.77. The molecule has 1 aromatic rings. The molecule has 0 radical (unpaired) electrons. The number of nitrogens with zero attached hydrogens (tertiary/aromatic N) is 2. The standard InChI is InChI=1S/C18H23F2N3O2/c1-12-5-7-18(8-6-12)16(24)23(17(25)21-18)11-22(2)10-13-3-4-14(19)9-15(13)20/h3-4,9,12H,5-8,10-11H2,1-2H3,(H,21,25). The lowest BCUT2D eigenvalue weighted by atomic mass is 9.77. The maximum absolute atomic E-state index is 13.8. The summed E-state index contributed by atoms with van der Waals surface area (Å²) in [5.74, 6) is -0.905. The molecule has 1 aromatic carbocycles. The van der Waals surface area contributed by atoms with Crippen LogP contribution in [0.3, 0.4) is 0 Å². The van der Waals surface area contributed by atoms with Crippen molar-refractivity contribution in [2.24, 2.45) is 5.92 Å². The molecular formula is C18H23F2N3O2. The number of rotatable bonds is 4.